The highest BCUT2D eigenvalue weighted by molar-refractivity contribution is 7.99. The van der Waals surface area contributed by atoms with E-state index in [0.717, 1.165) is 17.3 Å². The average molecular weight is 300 g/mol. The number of hydrogen-bond donors (Lipinski definition) is 1. The van der Waals surface area contributed by atoms with E-state index in [9.17, 15) is 0 Å². The first-order valence-corrected chi connectivity index (χ1v) is 8.85. The third kappa shape index (κ3) is 2.84. The number of nitrogens with two attached hydrogens (primary N) is 1. The first kappa shape index (κ1) is 15.3. The molecule has 0 aromatic carbocycles. The van der Waals surface area contributed by atoms with Crippen molar-refractivity contribution in [1.82, 2.24) is 9.88 Å². The molecule has 0 saturated carbocycles. The van der Waals surface area contributed by atoms with Gasteiger partial charge < -0.3 is 5.73 Å². The second kappa shape index (κ2) is 5.72. The van der Waals surface area contributed by atoms with E-state index < -0.39 is 0 Å². The number of rotatable bonds is 4. The second-order valence-corrected chi connectivity index (χ2v) is 8.30. The van der Waals surface area contributed by atoms with Crippen LogP contribution in [0.1, 0.15) is 31.0 Å². The third-order valence-corrected chi connectivity index (χ3v) is 6.60. The second-order valence-electron chi connectivity index (χ2n) is 6.14. The van der Waals surface area contributed by atoms with Gasteiger partial charge in [-0.2, -0.15) is 11.8 Å². The Labute approximate surface area is 125 Å². The number of thiazole rings is 1. The smallest absolute Gasteiger partial charge is 0.0897 e. The molecule has 1 unspecified atom stereocenters. The van der Waals surface area contributed by atoms with Crippen molar-refractivity contribution in [2.45, 2.75) is 39.3 Å². The van der Waals surface area contributed by atoms with Gasteiger partial charge in [-0.3, -0.25) is 4.90 Å². The summed E-state index contributed by atoms with van der Waals surface area (Å²) in [5, 5.41) is 3.31. The summed E-state index contributed by atoms with van der Waals surface area (Å²) in [6, 6.07) is 0. The van der Waals surface area contributed by atoms with E-state index in [0.29, 0.717) is 6.54 Å². The summed E-state index contributed by atoms with van der Waals surface area (Å²) in [4.78, 5) is 7.03. The van der Waals surface area contributed by atoms with Crippen molar-refractivity contribution >= 4 is 23.1 Å². The molecule has 1 aromatic heterocycles. The van der Waals surface area contributed by atoms with Crippen molar-refractivity contribution in [2.24, 2.45) is 11.1 Å². The molecule has 0 spiro atoms. The van der Waals surface area contributed by atoms with E-state index in [4.69, 9.17) is 5.73 Å². The lowest BCUT2D eigenvalue weighted by Gasteiger charge is -2.54. The van der Waals surface area contributed by atoms with E-state index in [1.165, 1.54) is 17.9 Å². The lowest BCUT2D eigenvalue weighted by molar-refractivity contribution is 0.0141. The molecule has 0 radical (unpaired) electrons. The summed E-state index contributed by atoms with van der Waals surface area (Å²) < 4.78 is 0. The summed E-state index contributed by atoms with van der Waals surface area (Å²) in [7, 11) is 2.20. The number of aromatic nitrogens is 1. The molecular formula is C14H25N3S2. The van der Waals surface area contributed by atoms with Crippen LogP contribution >= 0.6 is 23.1 Å². The fraction of sp³-hybridized carbons (Fsp3) is 0.786. The molecule has 1 aromatic rings. The van der Waals surface area contributed by atoms with Gasteiger partial charge in [-0.05, 0) is 31.6 Å². The van der Waals surface area contributed by atoms with E-state index in [-0.39, 0.29) is 11.0 Å². The Morgan fingerprint density at radius 2 is 2.21 bits per heavy atom. The van der Waals surface area contributed by atoms with Gasteiger partial charge in [0.1, 0.15) is 0 Å². The minimum absolute atomic E-state index is 0.0768. The summed E-state index contributed by atoms with van der Waals surface area (Å²) in [6.07, 6.45) is 1.23. The number of nitrogens with zero attached hydrogens (tertiary/aromatic N) is 2. The molecule has 108 valence electrons. The monoisotopic (exact) mass is 299 g/mol. The van der Waals surface area contributed by atoms with Crippen LogP contribution in [0.3, 0.4) is 0 Å². The zero-order chi connectivity index (χ0) is 14.1. The summed E-state index contributed by atoms with van der Waals surface area (Å²) >= 11 is 3.76. The Balaban J connectivity index is 2.20. The molecule has 3 nitrogen and oxygen atoms in total. The molecule has 1 aliphatic rings. The molecule has 0 aliphatic carbocycles. The largest absolute Gasteiger partial charge is 0.329 e. The minimum atomic E-state index is 0.0768. The maximum absolute atomic E-state index is 6.20. The number of thioether (sulfide) groups is 1. The molecule has 1 aliphatic heterocycles. The molecule has 19 heavy (non-hydrogen) atoms. The molecule has 1 fully saturated rings. The normalized spacial score (nSPS) is 26.8. The number of likely N-dealkylation sites (N-methyl/N-ethyl adjacent to an activating group) is 1. The Bertz CT molecular complexity index is 430. The quantitative estimate of drug-likeness (QED) is 0.928. The Kier molecular flexibility index (Phi) is 4.60. The van der Waals surface area contributed by atoms with Gasteiger partial charge in [0.25, 0.3) is 0 Å². The minimum Gasteiger partial charge on any atom is -0.329 e. The van der Waals surface area contributed by atoms with Crippen LogP contribution in [0, 0.1) is 12.3 Å². The summed E-state index contributed by atoms with van der Waals surface area (Å²) in [6.45, 7) is 8.40. The van der Waals surface area contributed by atoms with Crippen LogP contribution < -0.4 is 5.73 Å². The fourth-order valence-corrected chi connectivity index (χ4v) is 5.46. The van der Waals surface area contributed by atoms with Gasteiger partial charge in [-0.1, -0.05) is 13.8 Å². The highest BCUT2D eigenvalue weighted by Crippen LogP contribution is 2.45. The first-order chi connectivity index (χ1) is 8.91. The van der Waals surface area contributed by atoms with E-state index in [1.807, 2.05) is 11.8 Å². The van der Waals surface area contributed by atoms with Gasteiger partial charge >= 0.3 is 0 Å². The molecular weight excluding hydrogens is 274 g/mol. The predicted octanol–water partition coefficient (Wildman–Crippen LogP) is 2.74. The van der Waals surface area contributed by atoms with Gasteiger partial charge in [0.15, 0.2) is 0 Å². The van der Waals surface area contributed by atoms with Gasteiger partial charge in [0, 0.05) is 29.8 Å². The van der Waals surface area contributed by atoms with Crippen molar-refractivity contribution in [1.29, 1.82) is 0 Å². The maximum Gasteiger partial charge on any atom is 0.0897 e. The van der Waals surface area contributed by atoms with Gasteiger partial charge in [0.05, 0.1) is 10.7 Å². The van der Waals surface area contributed by atoms with Crippen LogP contribution in [0.15, 0.2) is 5.38 Å². The van der Waals surface area contributed by atoms with Gasteiger partial charge in [-0.15, -0.1) is 11.3 Å². The van der Waals surface area contributed by atoms with Crippen molar-refractivity contribution in [3.63, 3.8) is 0 Å². The highest BCUT2D eigenvalue weighted by atomic mass is 32.2. The van der Waals surface area contributed by atoms with Crippen LogP contribution in [-0.2, 0) is 6.54 Å². The zero-order valence-electron chi connectivity index (χ0n) is 12.4. The molecule has 1 atom stereocenters. The van der Waals surface area contributed by atoms with Crippen molar-refractivity contribution in [3.8, 4) is 0 Å². The lowest BCUT2D eigenvalue weighted by atomic mass is 9.70. The number of hydrogen-bond acceptors (Lipinski definition) is 5. The standard InChI is InChI=1S/C14H25N3S2/c1-11-16-12(8-19-11)7-17(4)14(9-15)10-18-6-5-13(14,2)3/h8H,5-7,9-10,15H2,1-4H3. The Hall–Kier alpha value is -0.100. The van der Waals surface area contributed by atoms with Crippen molar-refractivity contribution in [2.75, 3.05) is 25.1 Å². The van der Waals surface area contributed by atoms with E-state index >= 15 is 0 Å². The Morgan fingerprint density at radius 3 is 2.74 bits per heavy atom. The third-order valence-electron chi connectivity index (χ3n) is 4.61. The van der Waals surface area contributed by atoms with Crippen LogP contribution in [-0.4, -0.2) is 40.5 Å². The van der Waals surface area contributed by atoms with Crippen LogP contribution in [0.5, 0.6) is 0 Å². The van der Waals surface area contributed by atoms with Crippen molar-refractivity contribution < 1.29 is 0 Å². The lowest BCUT2D eigenvalue weighted by Crippen LogP contribution is -2.64. The SMILES string of the molecule is Cc1nc(CN(C)C2(CN)CSCCC2(C)C)cs1. The Morgan fingerprint density at radius 1 is 1.47 bits per heavy atom. The maximum atomic E-state index is 6.20. The van der Waals surface area contributed by atoms with Crippen LogP contribution in [0.2, 0.25) is 0 Å². The first-order valence-electron chi connectivity index (χ1n) is 6.81. The highest BCUT2D eigenvalue weighted by Gasteiger charge is 2.48. The van der Waals surface area contributed by atoms with Crippen LogP contribution in [0.25, 0.3) is 0 Å². The average Bonchev–Trinajstić information content (AvgIpc) is 2.74. The molecule has 1 saturated heterocycles. The molecule has 2 rings (SSSR count). The molecule has 0 bridgehead atoms. The van der Waals surface area contributed by atoms with E-state index in [2.05, 4.69) is 43.1 Å². The molecule has 2 heterocycles. The molecule has 5 heteroatoms. The van der Waals surface area contributed by atoms with Crippen molar-refractivity contribution in [3.05, 3.63) is 16.1 Å². The molecule has 2 N–H and O–H groups in total. The topological polar surface area (TPSA) is 42.2 Å². The van der Waals surface area contributed by atoms with Crippen LogP contribution in [0.4, 0.5) is 0 Å². The van der Waals surface area contributed by atoms with E-state index in [1.54, 1.807) is 11.3 Å². The van der Waals surface area contributed by atoms with Gasteiger partial charge in [0.2, 0.25) is 0 Å². The molecule has 0 amide bonds. The predicted molar refractivity (Wildman–Crippen MR) is 85.8 cm³/mol. The number of aryl methyl sites for hydroxylation is 1. The summed E-state index contributed by atoms with van der Waals surface area (Å²) in [5.74, 6) is 2.37. The van der Waals surface area contributed by atoms with Gasteiger partial charge in [-0.25, -0.2) is 4.98 Å². The fourth-order valence-electron chi connectivity index (χ4n) is 2.99. The summed E-state index contributed by atoms with van der Waals surface area (Å²) in [5.41, 5.74) is 7.70. The zero-order valence-corrected chi connectivity index (χ0v) is 14.0.